The Hall–Kier alpha value is -3.26. The zero-order valence-corrected chi connectivity index (χ0v) is 17.0. The Morgan fingerprint density at radius 1 is 1.25 bits per heavy atom. The van der Waals surface area contributed by atoms with Crippen LogP contribution in [0.4, 0.5) is 35.7 Å². The molecule has 1 amide bonds. The van der Waals surface area contributed by atoms with Gasteiger partial charge in [-0.3, -0.25) is 0 Å². The molecule has 2 aromatic heterocycles. The number of rotatable bonds is 4. The largest absolute Gasteiger partial charge is 0.447 e. The lowest BCUT2D eigenvalue weighted by Gasteiger charge is -2.31. The predicted molar refractivity (Wildman–Crippen MR) is 105 cm³/mol. The van der Waals surface area contributed by atoms with Gasteiger partial charge in [-0.25, -0.2) is 24.6 Å². The number of cyclic esters (lactones) is 1. The molecule has 14 heteroatoms. The first kappa shape index (κ1) is 22.0. The molecule has 2 aliphatic heterocycles. The summed E-state index contributed by atoms with van der Waals surface area (Å²) in [5.41, 5.74) is 2.36. The molecule has 0 aliphatic carbocycles. The number of hydrogen-bond acceptors (Lipinski definition) is 10. The minimum atomic E-state index is -4.83. The van der Waals surface area contributed by atoms with Gasteiger partial charge < -0.3 is 25.2 Å². The molecular formula is C18H20F3N7O4. The van der Waals surface area contributed by atoms with E-state index in [1.54, 1.807) is 11.8 Å². The van der Waals surface area contributed by atoms with Gasteiger partial charge in [-0.15, -0.1) is 0 Å². The molecule has 0 bridgehead atoms. The Morgan fingerprint density at radius 2 is 1.97 bits per heavy atom. The van der Waals surface area contributed by atoms with Gasteiger partial charge in [0.25, 0.3) is 0 Å². The second kappa shape index (κ2) is 8.02. The molecule has 4 heterocycles. The molecule has 0 spiro atoms. The number of ether oxygens (including phenoxy) is 2. The normalized spacial score (nSPS) is 21.7. The van der Waals surface area contributed by atoms with Crippen LogP contribution in [-0.4, -0.2) is 76.2 Å². The predicted octanol–water partition coefficient (Wildman–Crippen LogP) is 1.08. The zero-order chi connectivity index (χ0) is 23.1. The molecule has 0 unspecified atom stereocenters. The lowest BCUT2D eigenvalue weighted by molar-refractivity contribution is -0.140. The molecule has 2 fully saturated rings. The number of hydrogen-bond donors (Lipinski definition) is 2. The molecule has 2 saturated heterocycles. The van der Waals surface area contributed by atoms with Crippen molar-refractivity contribution in [3.8, 4) is 11.3 Å². The first-order valence-corrected chi connectivity index (χ1v) is 9.62. The number of nitrogen functional groups attached to an aromatic ring is 1. The SMILES string of the molecule is C[C@@]1(CO)COC(=O)N1c1cc(-c2cnc(N)nc2C(F)(F)F)nc(N2CCOCC2)n1. The molecular weight excluding hydrogens is 435 g/mol. The van der Waals surface area contributed by atoms with Crippen molar-refractivity contribution < 1.29 is 32.5 Å². The molecule has 32 heavy (non-hydrogen) atoms. The van der Waals surface area contributed by atoms with Crippen molar-refractivity contribution in [2.75, 3.05) is 55.1 Å². The molecule has 2 aliphatic rings. The molecule has 2 aromatic rings. The summed E-state index contributed by atoms with van der Waals surface area (Å²) in [6, 6.07) is 1.20. The van der Waals surface area contributed by atoms with E-state index in [0.29, 0.717) is 26.3 Å². The van der Waals surface area contributed by atoms with Crippen molar-refractivity contribution in [1.29, 1.82) is 0 Å². The van der Waals surface area contributed by atoms with Gasteiger partial charge in [0.05, 0.1) is 25.5 Å². The average Bonchev–Trinajstić information content (AvgIpc) is 3.08. The van der Waals surface area contributed by atoms with Crippen LogP contribution in [0, 0.1) is 0 Å². The van der Waals surface area contributed by atoms with Gasteiger partial charge in [0, 0.05) is 30.9 Å². The molecule has 0 aromatic carbocycles. The number of amides is 1. The van der Waals surface area contributed by atoms with Gasteiger partial charge in [-0.05, 0) is 6.92 Å². The van der Waals surface area contributed by atoms with Gasteiger partial charge in [0.15, 0.2) is 5.69 Å². The monoisotopic (exact) mass is 455 g/mol. The van der Waals surface area contributed by atoms with Crippen LogP contribution in [-0.2, 0) is 15.7 Å². The third-order valence-corrected chi connectivity index (χ3v) is 5.15. The number of alkyl halides is 3. The number of aliphatic hydroxyl groups is 1. The van der Waals surface area contributed by atoms with E-state index in [4.69, 9.17) is 15.2 Å². The molecule has 0 saturated carbocycles. The van der Waals surface area contributed by atoms with E-state index in [0.717, 1.165) is 11.1 Å². The minimum Gasteiger partial charge on any atom is -0.447 e. The number of anilines is 3. The van der Waals surface area contributed by atoms with Crippen LogP contribution in [0.2, 0.25) is 0 Å². The summed E-state index contributed by atoms with van der Waals surface area (Å²) in [4.78, 5) is 31.0. The fourth-order valence-electron chi connectivity index (χ4n) is 3.43. The highest BCUT2D eigenvalue weighted by Crippen LogP contribution is 2.38. The van der Waals surface area contributed by atoms with E-state index in [1.165, 1.54) is 6.07 Å². The first-order valence-electron chi connectivity index (χ1n) is 9.62. The van der Waals surface area contributed by atoms with Gasteiger partial charge >= 0.3 is 12.3 Å². The van der Waals surface area contributed by atoms with E-state index in [1.807, 2.05) is 0 Å². The quantitative estimate of drug-likeness (QED) is 0.688. The summed E-state index contributed by atoms with van der Waals surface area (Å²) < 4.78 is 51.4. The van der Waals surface area contributed by atoms with E-state index >= 15 is 0 Å². The van der Waals surface area contributed by atoms with Crippen LogP contribution < -0.4 is 15.5 Å². The van der Waals surface area contributed by atoms with Crippen LogP contribution >= 0.6 is 0 Å². The summed E-state index contributed by atoms with van der Waals surface area (Å²) >= 11 is 0. The lowest BCUT2D eigenvalue weighted by Crippen LogP contribution is -2.48. The number of aromatic nitrogens is 4. The summed E-state index contributed by atoms with van der Waals surface area (Å²) in [6.07, 6.45) is -4.69. The smallest absolute Gasteiger partial charge is 0.434 e. The Balaban J connectivity index is 1.90. The molecule has 1 atom stereocenters. The van der Waals surface area contributed by atoms with Crippen LogP contribution in [0.1, 0.15) is 12.6 Å². The molecule has 4 rings (SSSR count). The highest BCUT2D eigenvalue weighted by molar-refractivity contribution is 5.91. The Labute approximate surface area is 180 Å². The first-order chi connectivity index (χ1) is 15.1. The summed E-state index contributed by atoms with van der Waals surface area (Å²) in [7, 11) is 0. The highest BCUT2D eigenvalue weighted by Gasteiger charge is 2.46. The number of carbonyl (C=O) groups excluding carboxylic acids is 1. The van der Waals surface area contributed by atoms with Gasteiger partial charge in [-0.2, -0.15) is 18.2 Å². The van der Waals surface area contributed by atoms with Crippen molar-refractivity contribution in [3.63, 3.8) is 0 Å². The van der Waals surface area contributed by atoms with E-state index < -0.39 is 41.6 Å². The molecule has 0 radical (unpaired) electrons. The third-order valence-electron chi connectivity index (χ3n) is 5.15. The number of nitrogens with zero attached hydrogens (tertiary/aromatic N) is 6. The van der Waals surface area contributed by atoms with Crippen molar-refractivity contribution in [2.24, 2.45) is 0 Å². The Morgan fingerprint density at radius 3 is 2.62 bits per heavy atom. The molecule has 3 N–H and O–H groups in total. The Bertz CT molecular complexity index is 1030. The molecule has 172 valence electrons. The third kappa shape index (κ3) is 3.98. The van der Waals surface area contributed by atoms with Crippen molar-refractivity contribution in [2.45, 2.75) is 18.6 Å². The Kier molecular flexibility index (Phi) is 5.50. The van der Waals surface area contributed by atoms with Crippen molar-refractivity contribution >= 4 is 23.8 Å². The fourth-order valence-corrected chi connectivity index (χ4v) is 3.43. The van der Waals surface area contributed by atoms with Crippen LogP contribution in [0.25, 0.3) is 11.3 Å². The summed E-state index contributed by atoms with van der Waals surface area (Å²) in [5, 5.41) is 9.83. The van der Waals surface area contributed by atoms with Gasteiger partial charge in [-0.1, -0.05) is 0 Å². The standard InChI is InChI=1S/C18H20F3N7O4/c1-17(8-29)9-32-16(30)28(17)12-6-11(24-15(25-12)27-2-4-31-5-3-27)10-7-23-14(22)26-13(10)18(19,20)21/h6-7,29H,2-5,8-9H2,1H3,(H2,22,23,26)/t17-/m1/s1. The maximum atomic E-state index is 13.7. The fraction of sp³-hybridized carbons (Fsp3) is 0.500. The van der Waals surface area contributed by atoms with Crippen LogP contribution in [0.15, 0.2) is 12.3 Å². The van der Waals surface area contributed by atoms with Crippen molar-refractivity contribution in [1.82, 2.24) is 19.9 Å². The number of morpholine rings is 1. The van der Waals surface area contributed by atoms with E-state index in [-0.39, 0.29) is 24.1 Å². The second-order valence-electron chi connectivity index (χ2n) is 7.54. The second-order valence-corrected chi connectivity index (χ2v) is 7.54. The molecule has 11 nitrogen and oxygen atoms in total. The van der Waals surface area contributed by atoms with Crippen LogP contribution in [0.5, 0.6) is 0 Å². The van der Waals surface area contributed by atoms with Gasteiger partial charge in [0.2, 0.25) is 11.9 Å². The zero-order valence-electron chi connectivity index (χ0n) is 17.0. The van der Waals surface area contributed by atoms with E-state index in [2.05, 4.69) is 19.9 Å². The average molecular weight is 455 g/mol. The lowest BCUT2D eigenvalue weighted by atomic mass is 10.0. The minimum absolute atomic E-state index is 0.0273. The van der Waals surface area contributed by atoms with E-state index in [9.17, 15) is 23.1 Å². The van der Waals surface area contributed by atoms with Crippen LogP contribution in [0.3, 0.4) is 0 Å². The van der Waals surface area contributed by atoms with Crippen molar-refractivity contribution in [3.05, 3.63) is 18.0 Å². The number of nitrogens with two attached hydrogens (primary N) is 1. The number of aliphatic hydroxyl groups excluding tert-OH is 1. The summed E-state index contributed by atoms with van der Waals surface area (Å²) in [6.45, 7) is 2.55. The highest BCUT2D eigenvalue weighted by atomic mass is 19.4. The number of halogens is 3. The maximum absolute atomic E-state index is 13.7. The maximum Gasteiger partial charge on any atom is 0.434 e. The topological polar surface area (TPSA) is 140 Å². The summed E-state index contributed by atoms with van der Waals surface area (Å²) in [5.74, 6) is -0.481. The number of carbonyl (C=O) groups is 1. The van der Waals surface area contributed by atoms with Gasteiger partial charge in [0.1, 0.15) is 18.0 Å².